The van der Waals surface area contributed by atoms with Crippen molar-refractivity contribution in [2.24, 2.45) is 0 Å². The van der Waals surface area contributed by atoms with Crippen LogP contribution in [0.3, 0.4) is 0 Å². The van der Waals surface area contributed by atoms with Crippen LogP contribution in [0.25, 0.3) is 0 Å². The van der Waals surface area contributed by atoms with Gasteiger partial charge in [-0.1, -0.05) is 0 Å². The Morgan fingerprint density at radius 1 is 1.27 bits per heavy atom. The first-order valence-electron chi connectivity index (χ1n) is 4.96. The third-order valence-corrected chi connectivity index (χ3v) is 2.32. The topological polar surface area (TPSA) is 41.1 Å². The van der Waals surface area contributed by atoms with Gasteiger partial charge in [0, 0.05) is 17.0 Å². The Hall–Kier alpha value is -1.00. The molecule has 0 atom stereocenters. The van der Waals surface area contributed by atoms with E-state index < -0.39 is 0 Å². The first kappa shape index (κ1) is 12.1. The van der Waals surface area contributed by atoms with Crippen LogP contribution in [0.1, 0.15) is 16.8 Å². The molecule has 2 N–H and O–H groups in total. The van der Waals surface area contributed by atoms with Gasteiger partial charge in [-0.15, -0.1) is 12.6 Å². The zero-order valence-corrected chi connectivity index (χ0v) is 9.68. The molecule has 1 amide bonds. The average molecular weight is 224 g/mol. The Bertz CT molecular complexity index is 311. The Kier molecular flexibility index (Phi) is 5.21. The van der Waals surface area contributed by atoms with Crippen molar-refractivity contribution in [3.8, 4) is 0 Å². The fourth-order valence-electron chi connectivity index (χ4n) is 1.18. The summed E-state index contributed by atoms with van der Waals surface area (Å²) in [5.74, 6) is -0.0283. The van der Waals surface area contributed by atoms with E-state index in [1.807, 2.05) is 19.2 Å². The summed E-state index contributed by atoms with van der Waals surface area (Å²) < 4.78 is 0. The molecular weight excluding hydrogens is 208 g/mol. The van der Waals surface area contributed by atoms with Gasteiger partial charge in [-0.05, 0) is 44.3 Å². The number of benzene rings is 1. The molecule has 0 aliphatic carbocycles. The lowest BCUT2D eigenvalue weighted by Crippen LogP contribution is -2.26. The normalized spacial score (nSPS) is 10.0. The molecule has 0 aliphatic rings. The summed E-state index contributed by atoms with van der Waals surface area (Å²) in [6.45, 7) is 1.61. The lowest BCUT2D eigenvalue weighted by atomic mass is 10.2. The minimum atomic E-state index is -0.0283. The van der Waals surface area contributed by atoms with Gasteiger partial charge in [0.15, 0.2) is 0 Å². The van der Waals surface area contributed by atoms with E-state index in [1.165, 1.54) is 0 Å². The monoisotopic (exact) mass is 224 g/mol. The lowest BCUT2D eigenvalue weighted by molar-refractivity contribution is 0.0953. The number of amides is 1. The zero-order chi connectivity index (χ0) is 11.1. The molecule has 0 bridgehead atoms. The minimum absolute atomic E-state index is 0.0283. The van der Waals surface area contributed by atoms with Gasteiger partial charge in [-0.25, -0.2) is 0 Å². The maximum Gasteiger partial charge on any atom is 0.251 e. The van der Waals surface area contributed by atoms with Gasteiger partial charge >= 0.3 is 0 Å². The van der Waals surface area contributed by atoms with E-state index in [1.54, 1.807) is 12.1 Å². The molecule has 0 fully saturated rings. The van der Waals surface area contributed by atoms with E-state index in [2.05, 4.69) is 23.3 Å². The highest BCUT2D eigenvalue weighted by molar-refractivity contribution is 7.80. The van der Waals surface area contributed by atoms with Gasteiger partial charge in [-0.2, -0.15) is 0 Å². The van der Waals surface area contributed by atoms with Gasteiger partial charge in [-0.3, -0.25) is 4.79 Å². The highest BCUT2D eigenvalue weighted by atomic mass is 32.1. The molecule has 82 valence electrons. The van der Waals surface area contributed by atoms with E-state index in [9.17, 15) is 4.79 Å². The number of nitrogens with one attached hydrogen (secondary N) is 2. The second-order valence-corrected chi connectivity index (χ2v) is 3.78. The summed E-state index contributed by atoms with van der Waals surface area (Å²) in [7, 11) is 1.90. The molecule has 0 aliphatic heterocycles. The van der Waals surface area contributed by atoms with Gasteiger partial charge < -0.3 is 10.6 Å². The predicted octanol–water partition coefficient (Wildman–Crippen LogP) is 1.31. The van der Waals surface area contributed by atoms with Crippen molar-refractivity contribution in [2.45, 2.75) is 11.3 Å². The molecule has 1 rings (SSSR count). The molecule has 15 heavy (non-hydrogen) atoms. The van der Waals surface area contributed by atoms with Crippen molar-refractivity contribution in [1.29, 1.82) is 0 Å². The SMILES string of the molecule is CNCCCNC(=O)c1ccc(S)cc1. The summed E-state index contributed by atoms with van der Waals surface area (Å²) >= 11 is 4.16. The van der Waals surface area contributed by atoms with Crippen LogP contribution in [0.4, 0.5) is 0 Å². The van der Waals surface area contributed by atoms with Crippen LogP contribution >= 0.6 is 12.6 Å². The molecule has 0 unspecified atom stereocenters. The van der Waals surface area contributed by atoms with E-state index in [-0.39, 0.29) is 5.91 Å². The number of carbonyl (C=O) groups excluding carboxylic acids is 1. The Balaban J connectivity index is 2.37. The molecule has 0 saturated carbocycles. The zero-order valence-electron chi connectivity index (χ0n) is 8.79. The number of thiol groups is 1. The smallest absolute Gasteiger partial charge is 0.251 e. The molecule has 4 heteroatoms. The number of carbonyl (C=O) groups is 1. The molecule has 1 aromatic rings. The van der Waals surface area contributed by atoms with Crippen molar-refractivity contribution in [3.05, 3.63) is 29.8 Å². The molecule has 0 spiro atoms. The summed E-state index contributed by atoms with van der Waals surface area (Å²) in [4.78, 5) is 12.4. The third kappa shape index (κ3) is 4.36. The Morgan fingerprint density at radius 2 is 1.93 bits per heavy atom. The molecule has 0 heterocycles. The van der Waals surface area contributed by atoms with Crippen molar-refractivity contribution in [1.82, 2.24) is 10.6 Å². The standard InChI is InChI=1S/C11H16N2OS/c1-12-7-2-8-13-11(14)9-3-5-10(15)6-4-9/h3-6,12,15H,2,7-8H2,1H3,(H,13,14). The van der Waals surface area contributed by atoms with Crippen molar-refractivity contribution in [3.63, 3.8) is 0 Å². The van der Waals surface area contributed by atoms with Gasteiger partial charge in [0.2, 0.25) is 0 Å². The maximum atomic E-state index is 11.6. The van der Waals surface area contributed by atoms with Crippen LogP contribution < -0.4 is 10.6 Å². The maximum absolute atomic E-state index is 11.6. The van der Waals surface area contributed by atoms with E-state index in [4.69, 9.17) is 0 Å². The van der Waals surface area contributed by atoms with Gasteiger partial charge in [0.05, 0.1) is 0 Å². The van der Waals surface area contributed by atoms with Crippen LogP contribution in [-0.4, -0.2) is 26.0 Å². The Labute approximate surface area is 95.7 Å². The molecular formula is C11H16N2OS. The van der Waals surface area contributed by atoms with Crippen molar-refractivity contribution in [2.75, 3.05) is 20.1 Å². The Morgan fingerprint density at radius 3 is 2.53 bits per heavy atom. The largest absolute Gasteiger partial charge is 0.352 e. The predicted molar refractivity (Wildman–Crippen MR) is 64.6 cm³/mol. The van der Waals surface area contributed by atoms with Crippen LogP contribution in [0.2, 0.25) is 0 Å². The summed E-state index contributed by atoms with van der Waals surface area (Å²) in [6, 6.07) is 7.17. The van der Waals surface area contributed by atoms with E-state index >= 15 is 0 Å². The van der Waals surface area contributed by atoms with Crippen LogP contribution in [0.5, 0.6) is 0 Å². The molecule has 1 aromatic carbocycles. The molecule has 0 saturated heterocycles. The summed E-state index contributed by atoms with van der Waals surface area (Å²) in [6.07, 6.45) is 0.937. The summed E-state index contributed by atoms with van der Waals surface area (Å²) in [5, 5.41) is 5.88. The van der Waals surface area contributed by atoms with Crippen LogP contribution in [0, 0.1) is 0 Å². The third-order valence-electron chi connectivity index (χ3n) is 2.02. The molecule has 3 nitrogen and oxygen atoms in total. The highest BCUT2D eigenvalue weighted by Gasteiger charge is 2.02. The number of hydrogen-bond acceptors (Lipinski definition) is 3. The first-order chi connectivity index (χ1) is 7.24. The number of rotatable bonds is 5. The van der Waals surface area contributed by atoms with E-state index in [0.29, 0.717) is 12.1 Å². The summed E-state index contributed by atoms with van der Waals surface area (Å²) in [5.41, 5.74) is 0.678. The van der Waals surface area contributed by atoms with Crippen LogP contribution in [0.15, 0.2) is 29.2 Å². The van der Waals surface area contributed by atoms with E-state index in [0.717, 1.165) is 17.9 Å². The van der Waals surface area contributed by atoms with Crippen molar-refractivity contribution < 1.29 is 4.79 Å². The average Bonchev–Trinajstić information content (AvgIpc) is 2.25. The fourth-order valence-corrected chi connectivity index (χ4v) is 1.33. The van der Waals surface area contributed by atoms with Crippen LogP contribution in [-0.2, 0) is 0 Å². The molecule has 0 radical (unpaired) electrons. The first-order valence-corrected chi connectivity index (χ1v) is 5.40. The second-order valence-electron chi connectivity index (χ2n) is 3.26. The second kappa shape index (κ2) is 6.48. The minimum Gasteiger partial charge on any atom is -0.352 e. The lowest BCUT2D eigenvalue weighted by Gasteiger charge is -2.04. The van der Waals surface area contributed by atoms with Crippen molar-refractivity contribution >= 4 is 18.5 Å². The number of hydrogen-bond donors (Lipinski definition) is 3. The fraction of sp³-hybridized carbons (Fsp3) is 0.364. The van der Waals surface area contributed by atoms with Gasteiger partial charge in [0.25, 0.3) is 5.91 Å². The highest BCUT2D eigenvalue weighted by Crippen LogP contribution is 2.07. The van der Waals surface area contributed by atoms with Gasteiger partial charge in [0.1, 0.15) is 0 Å². The quantitative estimate of drug-likeness (QED) is 0.521. The molecule has 0 aromatic heterocycles.